The van der Waals surface area contributed by atoms with E-state index < -0.39 is 0 Å². The molecule has 5 aliphatic carbocycles. The first kappa shape index (κ1) is 40.6. The van der Waals surface area contributed by atoms with Crippen molar-refractivity contribution in [3.63, 3.8) is 0 Å². The Hall–Kier alpha value is -5.28. The molecule has 0 atom stereocenters. The van der Waals surface area contributed by atoms with Crippen LogP contribution >= 0.6 is 0 Å². The summed E-state index contributed by atoms with van der Waals surface area (Å²) >= 11 is 0. The number of benzene rings is 7. The van der Waals surface area contributed by atoms with Crippen LogP contribution in [0.25, 0.3) is 54.5 Å². The maximum Gasteiger partial charge on any atom is 0.333 e. The van der Waals surface area contributed by atoms with E-state index in [1.54, 1.807) is 11.1 Å². The molecule has 3 heteroatoms. The Morgan fingerprint density at radius 1 is 0.529 bits per heavy atom. The molecule has 1 aromatic heterocycles. The van der Waals surface area contributed by atoms with Crippen molar-refractivity contribution >= 4 is 78.2 Å². The van der Waals surface area contributed by atoms with Gasteiger partial charge in [0.25, 0.3) is 0 Å². The van der Waals surface area contributed by atoms with Gasteiger partial charge >= 0.3 is 6.85 Å². The zero-order valence-electron chi connectivity index (χ0n) is 41.3. The molecule has 0 radical (unpaired) electrons. The van der Waals surface area contributed by atoms with Crippen LogP contribution in [0.15, 0.2) is 109 Å². The fourth-order valence-corrected chi connectivity index (χ4v) is 17.1. The summed E-state index contributed by atoms with van der Waals surface area (Å²) in [6, 6.07) is 45.1. The second kappa shape index (κ2) is 14.0. The van der Waals surface area contributed by atoms with Gasteiger partial charge in [-0.3, -0.25) is 0 Å². The molecule has 4 saturated carbocycles. The van der Waals surface area contributed by atoms with Gasteiger partial charge in [-0.15, -0.1) is 0 Å². The minimum Gasteiger partial charge on any atom is -0.375 e. The number of anilines is 3. The third kappa shape index (κ3) is 5.43. The van der Waals surface area contributed by atoms with E-state index in [0.717, 1.165) is 11.8 Å². The predicted octanol–water partition coefficient (Wildman–Crippen LogP) is 16.4. The highest BCUT2D eigenvalue weighted by molar-refractivity contribution is 6.90. The van der Waals surface area contributed by atoms with Gasteiger partial charge in [-0.2, -0.15) is 0 Å². The lowest BCUT2D eigenvalue weighted by Crippen LogP contribution is -2.57. The van der Waals surface area contributed by atoms with E-state index in [2.05, 4.69) is 153 Å². The molecule has 2 nitrogen and oxygen atoms in total. The van der Waals surface area contributed by atoms with Gasteiger partial charge in [0.2, 0.25) is 0 Å². The summed E-state index contributed by atoms with van der Waals surface area (Å²) in [6.45, 7) is 12.4. The minimum absolute atomic E-state index is 0.0248. The zero-order valence-corrected chi connectivity index (χ0v) is 41.3. The first-order valence-corrected chi connectivity index (χ1v) is 27.2. The molecule has 15 rings (SSSR count). The second-order valence-electron chi connectivity index (χ2n) is 25.1. The molecule has 340 valence electrons. The van der Waals surface area contributed by atoms with Crippen LogP contribution in [-0.2, 0) is 21.7 Å². The normalized spacial score (nSPS) is 26.2. The standard InChI is InChI=1S/C65H67BN2/c1-40-32-52-53(63(4,5)31-30-62(52,2)3)37-56(40)67-57-33-44-19-7-8-20-47(44)58-51-36-46(65-28-12-16-42(39-65)17-13-29-65)35-50-49-34-45(64-26-10-14-41(38-64)15-11-27-64)23-25-55(49)68(60(50)51)66(59(57)58)54-24-22-43-18-6-9-21-48(43)61(54)67/h6-9,18-25,32-37,41-42H,10-17,26-31,38-39H2,1-5H3. The smallest absolute Gasteiger partial charge is 0.333 e. The maximum absolute atomic E-state index is 2.88. The Labute approximate surface area is 404 Å². The number of hydrogen-bond donors (Lipinski definition) is 0. The van der Waals surface area contributed by atoms with Crippen molar-refractivity contribution in [2.75, 3.05) is 4.90 Å². The molecule has 4 fully saturated rings. The van der Waals surface area contributed by atoms with Crippen LogP contribution in [0, 0.1) is 18.8 Å². The first-order chi connectivity index (χ1) is 33.0. The third-order valence-electron chi connectivity index (χ3n) is 20.5. The van der Waals surface area contributed by atoms with Gasteiger partial charge in [-0.05, 0) is 189 Å². The Morgan fingerprint density at radius 2 is 1.15 bits per heavy atom. The summed E-state index contributed by atoms with van der Waals surface area (Å²) in [5, 5.41) is 8.40. The van der Waals surface area contributed by atoms with Gasteiger partial charge in [-0.25, -0.2) is 0 Å². The monoisotopic (exact) mass is 887 g/mol. The van der Waals surface area contributed by atoms with Crippen molar-refractivity contribution in [1.82, 2.24) is 4.48 Å². The van der Waals surface area contributed by atoms with Gasteiger partial charge in [0, 0.05) is 44.1 Å². The van der Waals surface area contributed by atoms with Gasteiger partial charge in [0.1, 0.15) is 0 Å². The van der Waals surface area contributed by atoms with Crippen LogP contribution in [0.4, 0.5) is 17.1 Å². The van der Waals surface area contributed by atoms with E-state index in [1.807, 2.05) is 0 Å². The predicted molar refractivity (Wildman–Crippen MR) is 290 cm³/mol. The summed E-state index contributed by atoms with van der Waals surface area (Å²) in [5.41, 5.74) is 21.3. The molecule has 8 aromatic rings. The molecular formula is C65H67BN2. The summed E-state index contributed by atoms with van der Waals surface area (Å²) in [7, 11) is 0. The van der Waals surface area contributed by atoms with Gasteiger partial charge < -0.3 is 9.38 Å². The Morgan fingerprint density at radius 3 is 1.85 bits per heavy atom. The largest absolute Gasteiger partial charge is 0.375 e. The molecule has 7 aliphatic rings. The lowest BCUT2D eigenvalue weighted by molar-refractivity contribution is 0.149. The van der Waals surface area contributed by atoms with Gasteiger partial charge in [0.15, 0.2) is 0 Å². The number of aromatic nitrogens is 1. The number of nitrogens with zero attached hydrogens (tertiary/aromatic N) is 2. The third-order valence-corrected chi connectivity index (χ3v) is 20.5. The van der Waals surface area contributed by atoms with Crippen LogP contribution in [0.3, 0.4) is 0 Å². The molecule has 0 saturated heterocycles. The molecule has 4 bridgehead atoms. The van der Waals surface area contributed by atoms with Crippen LogP contribution in [0.5, 0.6) is 0 Å². The first-order valence-electron chi connectivity index (χ1n) is 27.2. The van der Waals surface area contributed by atoms with E-state index in [4.69, 9.17) is 0 Å². The Kier molecular flexibility index (Phi) is 8.33. The van der Waals surface area contributed by atoms with E-state index in [1.165, 1.54) is 202 Å². The molecule has 0 spiro atoms. The highest BCUT2D eigenvalue weighted by atomic mass is 15.2. The van der Waals surface area contributed by atoms with Crippen LogP contribution in [0.1, 0.15) is 158 Å². The van der Waals surface area contributed by atoms with Crippen LogP contribution < -0.4 is 15.8 Å². The topological polar surface area (TPSA) is 8.17 Å². The number of aryl methyl sites for hydroxylation is 1. The maximum atomic E-state index is 2.88. The number of fused-ring (bicyclic) bond motifs is 16. The van der Waals surface area contributed by atoms with Crippen molar-refractivity contribution < 1.29 is 0 Å². The summed E-state index contributed by atoms with van der Waals surface area (Å²) < 4.78 is 2.88. The second-order valence-corrected chi connectivity index (χ2v) is 25.1. The Bertz CT molecular complexity index is 3470. The molecule has 7 aromatic carbocycles. The lowest BCUT2D eigenvalue weighted by Gasteiger charge is -2.46. The van der Waals surface area contributed by atoms with Crippen molar-refractivity contribution in [3.8, 4) is 11.1 Å². The van der Waals surface area contributed by atoms with Gasteiger partial charge in [-0.1, -0.05) is 152 Å². The van der Waals surface area contributed by atoms with E-state index >= 15 is 0 Å². The van der Waals surface area contributed by atoms with E-state index in [0.29, 0.717) is 5.41 Å². The van der Waals surface area contributed by atoms with Crippen molar-refractivity contribution in [3.05, 3.63) is 137 Å². The van der Waals surface area contributed by atoms with Crippen LogP contribution in [0.2, 0.25) is 0 Å². The van der Waals surface area contributed by atoms with E-state index in [9.17, 15) is 0 Å². The lowest BCUT2D eigenvalue weighted by atomic mass is 9.44. The molecule has 0 amide bonds. The molecule has 3 heterocycles. The van der Waals surface area contributed by atoms with E-state index in [-0.39, 0.29) is 23.1 Å². The summed E-state index contributed by atoms with van der Waals surface area (Å²) in [4.78, 5) is 2.77. The highest BCUT2D eigenvalue weighted by Gasteiger charge is 2.48. The SMILES string of the molecule is Cc1cc2c(cc1N1c3cc4ccccc4c4c3B(c3ccc5ccccc5c31)n1c3ccc(C56CCCC(CCC5)C6)cc3c3cc(C56CCCC(CCC5)C6)cc-4c31)C(C)(C)CCC2(C)C. The minimum atomic E-state index is 0.0248. The molecule has 2 aliphatic heterocycles. The van der Waals surface area contributed by atoms with Crippen molar-refractivity contribution in [1.29, 1.82) is 0 Å². The molecule has 0 N–H and O–H groups in total. The zero-order chi connectivity index (χ0) is 45.5. The molecule has 68 heavy (non-hydrogen) atoms. The summed E-state index contributed by atoms with van der Waals surface area (Å²) in [6.07, 6.45) is 21.7. The summed E-state index contributed by atoms with van der Waals surface area (Å²) in [5.74, 6) is 1.76. The van der Waals surface area contributed by atoms with Crippen molar-refractivity contribution in [2.24, 2.45) is 11.8 Å². The van der Waals surface area contributed by atoms with Crippen LogP contribution in [-0.4, -0.2) is 11.3 Å². The van der Waals surface area contributed by atoms with Crippen molar-refractivity contribution in [2.45, 2.75) is 159 Å². The Balaban J connectivity index is 1.09. The highest BCUT2D eigenvalue weighted by Crippen LogP contribution is 2.57. The fourth-order valence-electron chi connectivity index (χ4n) is 17.1. The average Bonchev–Trinajstić information content (AvgIpc) is 3.67. The number of hydrogen-bond acceptors (Lipinski definition) is 1. The quantitative estimate of drug-likeness (QED) is 0.161. The number of rotatable bonds is 3. The molecule has 0 unspecified atom stereocenters. The fraction of sp³-hybridized carbons (Fsp3) is 0.415. The molecular weight excluding hydrogens is 820 g/mol. The average molecular weight is 887 g/mol. The van der Waals surface area contributed by atoms with Gasteiger partial charge in [0.05, 0.1) is 5.69 Å².